The zero-order valence-corrected chi connectivity index (χ0v) is 22.7. The van der Waals surface area contributed by atoms with Crippen LogP contribution in [-0.2, 0) is 28.3 Å². The van der Waals surface area contributed by atoms with Gasteiger partial charge in [-0.15, -0.1) is 0 Å². The van der Waals surface area contributed by atoms with Crippen LogP contribution in [0.1, 0.15) is 47.1 Å². The third-order valence-corrected chi connectivity index (χ3v) is 11.4. The van der Waals surface area contributed by atoms with Crippen molar-refractivity contribution in [1.29, 1.82) is 0 Å². The largest absolute Gasteiger partial charge is 0.443 e. The van der Waals surface area contributed by atoms with Gasteiger partial charge in [-0.3, -0.25) is 4.79 Å². The van der Waals surface area contributed by atoms with E-state index in [1.807, 2.05) is 20.0 Å². The Morgan fingerprint density at radius 3 is 2.09 bits per heavy atom. The Bertz CT molecular complexity index is 1030. The van der Waals surface area contributed by atoms with Gasteiger partial charge < -0.3 is 13.3 Å². The molecule has 8 nitrogen and oxygen atoms in total. The minimum atomic E-state index is -4.23. The third-order valence-electron chi connectivity index (χ3n) is 5.66. The Kier molecular flexibility index (Phi) is 7.57. The van der Waals surface area contributed by atoms with E-state index in [9.17, 15) is 18.0 Å². The number of imide groups is 1. The van der Waals surface area contributed by atoms with Crippen LogP contribution in [0, 0.1) is 6.92 Å². The van der Waals surface area contributed by atoms with Crippen molar-refractivity contribution in [2.75, 3.05) is 6.61 Å². The number of hydrogen-bond donors (Lipinski definition) is 0. The highest BCUT2D eigenvalue weighted by molar-refractivity contribution is 7.86. The second-order valence-corrected chi connectivity index (χ2v) is 17.0. The third kappa shape index (κ3) is 6.67. The van der Waals surface area contributed by atoms with Gasteiger partial charge in [0.15, 0.2) is 14.1 Å². The summed E-state index contributed by atoms with van der Waals surface area (Å²) in [5.74, 6) is -0.896. The van der Waals surface area contributed by atoms with E-state index in [-0.39, 0.29) is 22.3 Å². The molecule has 0 saturated heterocycles. The molecule has 0 N–H and O–H groups in total. The molecule has 0 aliphatic carbocycles. The molecular formula is C23H35NO7SSi. The quantitative estimate of drug-likeness (QED) is 0.413. The molecule has 0 radical (unpaired) electrons. The molecule has 1 aromatic carbocycles. The van der Waals surface area contributed by atoms with Crippen molar-refractivity contribution in [3.63, 3.8) is 0 Å². The molecule has 0 spiro atoms. The molecule has 0 bridgehead atoms. The van der Waals surface area contributed by atoms with Crippen LogP contribution >= 0.6 is 0 Å². The Labute approximate surface area is 198 Å². The molecule has 1 aliphatic rings. The van der Waals surface area contributed by atoms with Crippen LogP contribution in [0.15, 0.2) is 41.0 Å². The maximum absolute atomic E-state index is 12.9. The van der Waals surface area contributed by atoms with Gasteiger partial charge in [0.05, 0.1) is 6.61 Å². The van der Waals surface area contributed by atoms with Crippen LogP contribution in [0.2, 0.25) is 18.1 Å². The molecule has 2 rings (SSSR count). The smallest absolute Gasteiger partial charge is 0.418 e. The molecule has 2 amide bonds. The first-order valence-electron chi connectivity index (χ1n) is 10.8. The van der Waals surface area contributed by atoms with Crippen molar-refractivity contribution in [2.45, 2.75) is 83.1 Å². The molecule has 184 valence electrons. The second kappa shape index (κ2) is 9.23. The van der Waals surface area contributed by atoms with Crippen molar-refractivity contribution in [3.8, 4) is 0 Å². The molecule has 0 saturated carbocycles. The van der Waals surface area contributed by atoms with Gasteiger partial charge in [-0.25, -0.2) is 9.69 Å². The summed E-state index contributed by atoms with van der Waals surface area (Å²) in [5, 5.41) is -0.134. The lowest BCUT2D eigenvalue weighted by Crippen LogP contribution is -2.49. The van der Waals surface area contributed by atoms with E-state index >= 15 is 0 Å². The summed E-state index contributed by atoms with van der Waals surface area (Å²) in [6, 6.07) is 5.08. The zero-order valence-electron chi connectivity index (χ0n) is 20.9. The average molecular weight is 498 g/mol. The lowest BCUT2D eigenvalue weighted by Gasteiger charge is -2.38. The lowest BCUT2D eigenvalue weighted by molar-refractivity contribution is -0.125. The molecule has 33 heavy (non-hydrogen) atoms. The van der Waals surface area contributed by atoms with Crippen LogP contribution in [0.4, 0.5) is 4.79 Å². The highest BCUT2D eigenvalue weighted by Crippen LogP contribution is 2.37. The molecule has 0 fully saturated rings. The number of hydrogen-bond acceptors (Lipinski definition) is 7. The summed E-state index contributed by atoms with van der Waals surface area (Å²) in [5.41, 5.74) is 0.0423. The van der Waals surface area contributed by atoms with Gasteiger partial charge in [0.25, 0.3) is 5.91 Å². The molecule has 0 unspecified atom stereocenters. The summed E-state index contributed by atoms with van der Waals surface area (Å²) in [7, 11) is -6.51. The number of carbonyl (C=O) groups excluding carboxylic acids is 2. The molecular weight excluding hydrogens is 462 g/mol. The van der Waals surface area contributed by atoms with Crippen LogP contribution in [0.5, 0.6) is 0 Å². The van der Waals surface area contributed by atoms with Gasteiger partial charge in [0.2, 0.25) is 0 Å². The number of aryl methyl sites for hydroxylation is 1. The van der Waals surface area contributed by atoms with Crippen LogP contribution in [0.3, 0.4) is 0 Å². The first kappa shape index (κ1) is 27.1. The Balaban J connectivity index is 2.38. The molecule has 1 atom stereocenters. The summed E-state index contributed by atoms with van der Waals surface area (Å²) in [6.07, 6.45) is 0.119. The predicted octanol–water partition coefficient (Wildman–Crippen LogP) is 4.75. The van der Waals surface area contributed by atoms with Crippen molar-refractivity contribution in [3.05, 3.63) is 41.7 Å². The highest BCUT2D eigenvalue weighted by atomic mass is 32.2. The summed E-state index contributed by atoms with van der Waals surface area (Å²) in [4.78, 5) is 26.4. The van der Waals surface area contributed by atoms with Crippen LogP contribution in [-0.4, -0.2) is 51.9 Å². The SMILES string of the molecule is Cc1ccc(S(=O)(=O)OC2=CC(=O)N(C(=O)OC(C)(C)C)[C@@H]2CO[Si](C)(C)C(C)(C)C)cc1. The fraction of sp³-hybridized carbons (Fsp3) is 0.565. The van der Waals surface area contributed by atoms with E-state index in [0.717, 1.165) is 16.5 Å². The molecule has 1 heterocycles. The summed E-state index contributed by atoms with van der Waals surface area (Å²) < 4.78 is 42.7. The number of carbonyl (C=O) groups is 2. The summed E-state index contributed by atoms with van der Waals surface area (Å²) >= 11 is 0. The molecule has 10 heteroatoms. The number of amides is 2. The lowest BCUT2D eigenvalue weighted by atomic mass is 10.2. The van der Waals surface area contributed by atoms with Gasteiger partial charge in [0.1, 0.15) is 16.5 Å². The van der Waals surface area contributed by atoms with Crippen molar-refractivity contribution in [2.24, 2.45) is 0 Å². The van der Waals surface area contributed by atoms with Crippen molar-refractivity contribution < 1.29 is 31.4 Å². The van der Waals surface area contributed by atoms with E-state index in [0.29, 0.717) is 0 Å². The minimum Gasteiger partial charge on any atom is -0.443 e. The van der Waals surface area contributed by atoms with Gasteiger partial charge in [-0.2, -0.15) is 8.42 Å². The zero-order chi connectivity index (χ0) is 25.4. The fourth-order valence-corrected chi connectivity index (χ4v) is 4.70. The number of nitrogens with zero attached hydrogens (tertiary/aromatic N) is 1. The van der Waals surface area contributed by atoms with Crippen LogP contribution < -0.4 is 0 Å². The number of ether oxygens (including phenoxy) is 1. The number of benzene rings is 1. The van der Waals surface area contributed by atoms with E-state index in [1.54, 1.807) is 32.9 Å². The minimum absolute atomic E-state index is 0.0544. The van der Waals surface area contributed by atoms with Gasteiger partial charge in [0, 0.05) is 6.08 Å². The van der Waals surface area contributed by atoms with E-state index in [4.69, 9.17) is 13.3 Å². The van der Waals surface area contributed by atoms with Gasteiger partial charge >= 0.3 is 16.2 Å². The first-order chi connectivity index (χ1) is 14.8. The van der Waals surface area contributed by atoms with Crippen molar-refractivity contribution >= 4 is 30.4 Å². The Morgan fingerprint density at radius 2 is 1.61 bits per heavy atom. The van der Waals surface area contributed by atoms with E-state index < -0.39 is 42.1 Å². The normalized spacial score (nSPS) is 17.7. The monoisotopic (exact) mass is 497 g/mol. The topological polar surface area (TPSA) is 99.2 Å². The standard InChI is InChI=1S/C23H35NO7SSi/c1-16-10-12-17(13-11-16)32(27,28)31-19-14-20(25)24(21(26)30-22(2,3)4)18(19)15-29-33(8,9)23(5,6)7/h10-14,18H,15H2,1-9H3/t18-/m1/s1. The molecule has 1 aliphatic heterocycles. The van der Waals surface area contributed by atoms with E-state index in [2.05, 4.69) is 20.8 Å². The van der Waals surface area contributed by atoms with Gasteiger partial charge in [-0.1, -0.05) is 38.5 Å². The second-order valence-electron chi connectivity index (χ2n) is 10.7. The average Bonchev–Trinajstić information content (AvgIpc) is 2.92. The maximum atomic E-state index is 12.9. The molecule has 0 aromatic heterocycles. The maximum Gasteiger partial charge on any atom is 0.418 e. The Morgan fingerprint density at radius 1 is 1.06 bits per heavy atom. The fourth-order valence-electron chi connectivity index (χ4n) is 2.72. The molecule has 1 aromatic rings. The highest BCUT2D eigenvalue weighted by Gasteiger charge is 2.45. The predicted molar refractivity (Wildman–Crippen MR) is 128 cm³/mol. The van der Waals surface area contributed by atoms with E-state index in [1.165, 1.54) is 12.1 Å². The first-order valence-corrected chi connectivity index (χ1v) is 15.1. The van der Waals surface area contributed by atoms with Gasteiger partial charge in [-0.05, 0) is 58.0 Å². The van der Waals surface area contributed by atoms with Crippen molar-refractivity contribution in [1.82, 2.24) is 4.90 Å². The summed E-state index contributed by atoms with van der Waals surface area (Å²) in [6.45, 7) is 17.0. The Hall–Kier alpha value is -2.17. The number of rotatable bonds is 6. The van der Waals surface area contributed by atoms with Crippen LogP contribution in [0.25, 0.3) is 0 Å².